The smallest absolute Gasteiger partial charge is 0.326 e. The van der Waals surface area contributed by atoms with Crippen LogP contribution in [0, 0.1) is 5.92 Å². The molecule has 0 saturated heterocycles. The van der Waals surface area contributed by atoms with Gasteiger partial charge in [-0.15, -0.1) is 11.3 Å². The Bertz CT molecular complexity index is 461. The van der Waals surface area contributed by atoms with Crippen LogP contribution >= 0.6 is 43.2 Å². The van der Waals surface area contributed by atoms with Crippen LogP contribution in [-0.2, 0) is 4.79 Å². The van der Waals surface area contributed by atoms with E-state index in [0.29, 0.717) is 15.8 Å². The maximum absolute atomic E-state index is 12.0. The highest BCUT2D eigenvalue weighted by molar-refractivity contribution is 9.12. The molecule has 0 aromatic carbocycles. The second-order valence-corrected chi connectivity index (χ2v) is 7.66. The Kier molecular flexibility index (Phi) is 5.81. The number of carbonyl (C=O) groups is 2. The van der Waals surface area contributed by atoms with Crippen molar-refractivity contribution in [1.29, 1.82) is 0 Å². The Hall–Kier alpha value is -0.400. The fraction of sp³-hybridized carbons (Fsp3) is 0.455. The third-order valence-electron chi connectivity index (χ3n) is 2.67. The molecule has 0 saturated carbocycles. The number of rotatable bonds is 5. The fourth-order valence-electron chi connectivity index (χ4n) is 1.40. The van der Waals surface area contributed by atoms with E-state index in [1.807, 2.05) is 6.92 Å². The monoisotopic (exact) mass is 397 g/mol. The predicted molar refractivity (Wildman–Crippen MR) is 78.1 cm³/mol. The lowest BCUT2D eigenvalue weighted by atomic mass is 9.99. The number of halogens is 2. The maximum atomic E-state index is 12.0. The molecule has 4 nitrogen and oxygen atoms in total. The molecule has 100 valence electrons. The molecule has 1 heterocycles. The van der Waals surface area contributed by atoms with E-state index in [9.17, 15) is 9.59 Å². The summed E-state index contributed by atoms with van der Waals surface area (Å²) in [5, 5.41) is 11.7. The number of hydrogen-bond acceptors (Lipinski definition) is 3. The third kappa shape index (κ3) is 3.80. The van der Waals surface area contributed by atoms with Crippen molar-refractivity contribution in [2.45, 2.75) is 26.3 Å². The minimum absolute atomic E-state index is 0.118. The zero-order valence-corrected chi connectivity index (χ0v) is 13.9. The summed E-state index contributed by atoms with van der Waals surface area (Å²) in [5.74, 6) is -1.51. The average Bonchev–Trinajstić information content (AvgIpc) is 2.63. The third-order valence-corrected chi connectivity index (χ3v) is 5.01. The van der Waals surface area contributed by atoms with Crippen LogP contribution in [0.25, 0.3) is 0 Å². The molecule has 0 aliphatic rings. The van der Waals surface area contributed by atoms with Gasteiger partial charge in [-0.3, -0.25) is 4.79 Å². The van der Waals surface area contributed by atoms with Crippen LogP contribution in [-0.4, -0.2) is 23.0 Å². The summed E-state index contributed by atoms with van der Waals surface area (Å²) in [5.41, 5.74) is 0.446. The molecule has 0 spiro atoms. The number of amides is 1. The quantitative estimate of drug-likeness (QED) is 0.797. The minimum Gasteiger partial charge on any atom is -0.480 e. The highest BCUT2D eigenvalue weighted by atomic mass is 79.9. The molecule has 1 aromatic heterocycles. The van der Waals surface area contributed by atoms with Crippen molar-refractivity contribution in [3.63, 3.8) is 0 Å². The van der Waals surface area contributed by atoms with Gasteiger partial charge in [0, 0.05) is 0 Å². The number of aliphatic carboxylic acids is 1. The van der Waals surface area contributed by atoms with Gasteiger partial charge in [0.05, 0.1) is 13.1 Å². The number of carboxylic acid groups (broad SMARTS) is 1. The first kappa shape index (κ1) is 15.7. The van der Waals surface area contributed by atoms with E-state index in [0.717, 1.165) is 3.79 Å². The van der Waals surface area contributed by atoms with Crippen LogP contribution in [0.4, 0.5) is 0 Å². The van der Waals surface area contributed by atoms with Crippen LogP contribution < -0.4 is 5.32 Å². The normalized spacial score (nSPS) is 14.0. The molecule has 0 fully saturated rings. The molecular formula is C11H13Br2NO3S. The van der Waals surface area contributed by atoms with E-state index < -0.39 is 12.0 Å². The molecule has 1 aromatic rings. The number of hydrogen-bond donors (Lipinski definition) is 2. The van der Waals surface area contributed by atoms with E-state index in [1.54, 1.807) is 13.0 Å². The summed E-state index contributed by atoms with van der Waals surface area (Å²) >= 11 is 7.93. The van der Waals surface area contributed by atoms with Crippen LogP contribution in [0.1, 0.15) is 30.6 Å². The van der Waals surface area contributed by atoms with Crippen molar-refractivity contribution in [2.24, 2.45) is 5.92 Å². The molecule has 2 atom stereocenters. The molecule has 2 N–H and O–H groups in total. The standard InChI is InChI=1S/C11H13Br2NO3S/c1-3-5(2)8(11(16)17)14-10(15)6-4-7(12)18-9(6)13/h4-5,8H,3H2,1-2H3,(H,14,15)(H,16,17)/t5-,8-/m0/s1. The van der Waals surface area contributed by atoms with E-state index in [4.69, 9.17) is 5.11 Å². The van der Waals surface area contributed by atoms with Crippen LogP contribution in [0.2, 0.25) is 0 Å². The second kappa shape index (κ2) is 6.68. The molecule has 0 unspecified atom stereocenters. The number of carboxylic acids is 1. The number of nitrogens with one attached hydrogen (secondary N) is 1. The fourth-order valence-corrected chi connectivity index (χ4v) is 4.19. The van der Waals surface area contributed by atoms with Gasteiger partial charge in [0.25, 0.3) is 5.91 Å². The van der Waals surface area contributed by atoms with E-state index >= 15 is 0 Å². The molecule has 18 heavy (non-hydrogen) atoms. The Morgan fingerprint density at radius 3 is 2.50 bits per heavy atom. The summed E-state index contributed by atoms with van der Waals surface area (Å²) in [6, 6.07) is 0.799. The Labute approximate surface area is 126 Å². The Morgan fingerprint density at radius 1 is 1.50 bits per heavy atom. The van der Waals surface area contributed by atoms with Gasteiger partial charge in [-0.05, 0) is 43.8 Å². The number of thiophene rings is 1. The average molecular weight is 399 g/mol. The molecular weight excluding hydrogens is 386 g/mol. The summed E-state index contributed by atoms with van der Waals surface area (Å²) < 4.78 is 1.50. The first-order valence-corrected chi connectivity index (χ1v) is 7.75. The zero-order chi connectivity index (χ0) is 13.9. The second-order valence-electron chi connectivity index (χ2n) is 3.91. The lowest BCUT2D eigenvalue weighted by Crippen LogP contribution is -2.45. The summed E-state index contributed by atoms with van der Waals surface area (Å²) in [6.07, 6.45) is 0.686. The molecule has 1 amide bonds. The van der Waals surface area contributed by atoms with E-state index in [-0.39, 0.29) is 11.8 Å². The van der Waals surface area contributed by atoms with Gasteiger partial charge in [-0.1, -0.05) is 20.3 Å². The Morgan fingerprint density at radius 2 is 2.11 bits per heavy atom. The van der Waals surface area contributed by atoms with Gasteiger partial charge in [0.2, 0.25) is 0 Å². The lowest BCUT2D eigenvalue weighted by molar-refractivity contribution is -0.140. The van der Waals surface area contributed by atoms with Crippen LogP contribution in [0.15, 0.2) is 13.6 Å². The number of carbonyl (C=O) groups excluding carboxylic acids is 1. The Balaban J connectivity index is 2.85. The molecule has 0 aliphatic carbocycles. The predicted octanol–water partition coefficient (Wildman–Crippen LogP) is 3.50. The highest BCUT2D eigenvalue weighted by Gasteiger charge is 2.26. The minimum atomic E-state index is -1.01. The largest absolute Gasteiger partial charge is 0.480 e. The first-order valence-electron chi connectivity index (χ1n) is 5.35. The highest BCUT2D eigenvalue weighted by Crippen LogP contribution is 2.31. The van der Waals surface area contributed by atoms with Crippen LogP contribution in [0.5, 0.6) is 0 Å². The summed E-state index contributed by atoms with van der Waals surface area (Å²) in [7, 11) is 0. The van der Waals surface area contributed by atoms with Crippen molar-refractivity contribution < 1.29 is 14.7 Å². The topological polar surface area (TPSA) is 66.4 Å². The molecule has 7 heteroatoms. The van der Waals surface area contributed by atoms with Gasteiger partial charge < -0.3 is 10.4 Å². The van der Waals surface area contributed by atoms with Crippen LogP contribution in [0.3, 0.4) is 0 Å². The molecule has 0 aliphatic heterocycles. The first-order chi connectivity index (χ1) is 8.36. The van der Waals surface area contributed by atoms with Crippen molar-refractivity contribution in [3.05, 3.63) is 19.2 Å². The maximum Gasteiger partial charge on any atom is 0.326 e. The van der Waals surface area contributed by atoms with Crippen molar-refractivity contribution >= 4 is 55.1 Å². The van der Waals surface area contributed by atoms with E-state index in [2.05, 4.69) is 37.2 Å². The van der Waals surface area contributed by atoms with Gasteiger partial charge in [0.1, 0.15) is 6.04 Å². The molecule has 0 bridgehead atoms. The van der Waals surface area contributed by atoms with Crippen molar-refractivity contribution in [3.8, 4) is 0 Å². The lowest BCUT2D eigenvalue weighted by Gasteiger charge is -2.19. The van der Waals surface area contributed by atoms with Gasteiger partial charge in [-0.25, -0.2) is 4.79 Å². The van der Waals surface area contributed by atoms with Crippen molar-refractivity contribution in [2.75, 3.05) is 0 Å². The van der Waals surface area contributed by atoms with Gasteiger partial charge in [-0.2, -0.15) is 0 Å². The van der Waals surface area contributed by atoms with Gasteiger partial charge in [0.15, 0.2) is 0 Å². The zero-order valence-electron chi connectivity index (χ0n) is 9.87. The summed E-state index contributed by atoms with van der Waals surface area (Å²) in [6.45, 7) is 3.70. The van der Waals surface area contributed by atoms with E-state index in [1.165, 1.54) is 11.3 Å². The molecule has 1 rings (SSSR count). The molecule has 0 radical (unpaired) electrons. The van der Waals surface area contributed by atoms with Crippen molar-refractivity contribution in [1.82, 2.24) is 5.32 Å². The summed E-state index contributed by atoms with van der Waals surface area (Å²) in [4.78, 5) is 23.1. The van der Waals surface area contributed by atoms with Gasteiger partial charge >= 0.3 is 5.97 Å². The SMILES string of the molecule is CC[C@H](C)[C@H](NC(=O)c1cc(Br)sc1Br)C(=O)O.